The van der Waals surface area contributed by atoms with Crippen molar-refractivity contribution >= 4 is 10.1 Å². The Balaban J connectivity index is 3.00. The first kappa shape index (κ1) is 16.3. The first-order valence-corrected chi connectivity index (χ1v) is 5.79. The monoisotopic (exact) mass is 328 g/mol. The van der Waals surface area contributed by atoms with Crippen LogP contribution < -0.4 is 8.92 Å². The van der Waals surface area contributed by atoms with Gasteiger partial charge in [-0.25, -0.2) is 4.39 Å². The maximum atomic E-state index is 13.1. The summed E-state index contributed by atoms with van der Waals surface area (Å²) in [5, 5.41) is 0. The number of hydrogen-bond acceptors (Lipinski definition) is 4. The quantitative estimate of drug-likeness (QED) is 0.486. The molecule has 0 aliphatic heterocycles. The largest absolute Gasteiger partial charge is 0.573 e. The third-order valence-electron chi connectivity index (χ3n) is 1.62. The average molecular weight is 328 g/mol. The van der Waals surface area contributed by atoms with Crippen LogP contribution in [0.3, 0.4) is 0 Å². The molecule has 0 saturated heterocycles. The lowest BCUT2D eigenvalue weighted by atomic mass is 10.3. The zero-order valence-electron chi connectivity index (χ0n) is 8.92. The molecule has 0 unspecified atom stereocenters. The van der Waals surface area contributed by atoms with Gasteiger partial charge in [0.2, 0.25) is 0 Å². The van der Waals surface area contributed by atoms with E-state index in [1.165, 1.54) is 0 Å². The summed E-state index contributed by atoms with van der Waals surface area (Å²) in [6, 6.07) is 0.641. The minimum absolute atomic E-state index is 0.00433. The molecule has 1 rings (SSSR count). The zero-order valence-corrected chi connectivity index (χ0v) is 9.74. The minimum Gasteiger partial charge on any atom is -0.403 e. The molecule has 0 atom stereocenters. The van der Waals surface area contributed by atoms with Gasteiger partial charge in [0.15, 0.2) is 11.6 Å². The molecule has 1 aromatic carbocycles. The van der Waals surface area contributed by atoms with Gasteiger partial charge in [0.25, 0.3) is 0 Å². The summed E-state index contributed by atoms with van der Waals surface area (Å²) in [6.07, 6.45) is -5.22. The van der Waals surface area contributed by atoms with Gasteiger partial charge in [-0.15, -0.1) is 13.2 Å². The van der Waals surface area contributed by atoms with Crippen molar-refractivity contribution in [3.05, 3.63) is 24.0 Å². The van der Waals surface area contributed by atoms with Crippen molar-refractivity contribution in [1.82, 2.24) is 0 Å². The van der Waals surface area contributed by atoms with Gasteiger partial charge in [-0.2, -0.15) is 21.6 Å². The molecule has 1 aromatic rings. The fourth-order valence-corrected chi connectivity index (χ4v) is 1.37. The van der Waals surface area contributed by atoms with Crippen LogP contribution in [0.25, 0.3) is 0 Å². The van der Waals surface area contributed by atoms with Gasteiger partial charge in [0.05, 0.1) is 0 Å². The lowest BCUT2D eigenvalue weighted by Gasteiger charge is -2.12. The molecular formula is C8H3F7O4S. The first-order chi connectivity index (χ1) is 8.82. The topological polar surface area (TPSA) is 52.6 Å². The van der Waals surface area contributed by atoms with E-state index in [2.05, 4.69) is 8.92 Å². The third-order valence-corrected chi connectivity index (χ3v) is 2.60. The molecule has 0 bridgehead atoms. The molecule has 0 fully saturated rings. The summed E-state index contributed by atoms with van der Waals surface area (Å²) in [5.74, 6) is -4.26. The predicted octanol–water partition coefficient (Wildman–Crippen LogP) is 2.95. The molecule has 0 amide bonds. The van der Waals surface area contributed by atoms with E-state index in [-0.39, 0.29) is 12.1 Å². The van der Waals surface area contributed by atoms with Crippen LogP contribution in [0.1, 0.15) is 0 Å². The van der Waals surface area contributed by atoms with Gasteiger partial charge < -0.3 is 8.92 Å². The number of ether oxygens (including phenoxy) is 1. The number of halogens is 7. The first-order valence-electron chi connectivity index (χ1n) is 4.38. The van der Waals surface area contributed by atoms with E-state index in [9.17, 15) is 39.2 Å². The van der Waals surface area contributed by atoms with E-state index < -0.39 is 39.3 Å². The number of alkyl halides is 6. The molecule has 0 spiro atoms. The van der Waals surface area contributed by atoms with Crippen molar-refractivity contribution in [1.29, 1.82) is 0 Å². The van der Waals surface area contributed by atoms with Gasteiger partial charge in [-0.3, -0.25) is 0 Å². The Morgan fingerprint density at radius 1 is 1.00 bits per heavy atom. The van der Waals surface area contributed by atoms with E-state index in [1.54, 1.807) is 0 Å². The van der Waals surface area contributed by atoms with Crippen LogP contribution in [-0.4, -0.2) is 20.3 Å². The van der Waals surface area contributed by atoms with E-state index in [0.29, 0.717) is 6.07 Å². The van der Waals surface area contributed by atoms with Gasteiger partial charge in [-0.1, -0.05) is 0 Å². The van der Waals surface area contributed by atoms with Crippen LogP contribution >= 0.6 is 0 Å². The normalized spacial score (nSPS) is 13.2. The van der Waals surface area contributed by atoms with Crippen LogP contribution in [0, 0.1) is 5.82 Å². The molecule has 12 heteroatoms. The second kappa shape index (κ2) is 5.00. The Kier molecular flexibility index (Phi) is 4.08. The highest BCUT2D eigenvalue weighted by Crippen LogP contribution is 2.31. The standard InChI is InChI=1S/C8H3F7O4S/c9-5-3-4(19-20(16,17)8(13,14)15)1-2-6(5)18-7(10,11)12/h1-3H. The number of benzene rings is 1. The average Bonchev–Trinajstić information content (AvgIpc) is 2.18. The molecule has 20 heavy (non-hydrogen) atoms. The molecule has 0 aromatic heterocycles. The Hall–Kier alpha value is -1.72. The van der Waals surface area contributed by atoms with Crippen LogP contribution in [0.2, 0.25) is 0 Å². The summed E-state index contributed by atoms with van der Waals surface area (Å²) in [7, 11) is -6.05. The Bertz CT molecular complexity index is 590. The lowest BCUT2D eigenvalue weighted by Crippen LogP contribution is -2.28. The predicted molar refractivity (Wildman–Crippen MR) is 48.7 cm³/mol. The zero-order chi connectivity index (χ0) is 15.8. The second-order valence-corrected chi connectivity index (χ2v) is 4.66. The SMILES string of the molecule is O=S(=O)(Oc1ccc(OC(F)(F)F)c(F)c1)C(F)(F)F. The molecule has 0 saturated carbocycles. The fraction of sp³-hybridized carbons (Fsp3) is 0.250. The fourth-order valence-electron chi connectivity index (χ4n) is 0.915. The van der Waals surface area contributed by atoms with E-state index >= 15 is 0 Å². The maximum absolute atomic E-state index is 13.1. The van der Waals surface area contributed by atoms with Crippen molar-refractivity contribution in [2.45, 2.75) is 11.9 Å². The summed E-state index contributed by atoms with van der Waals surface area (Å²) in [5.41, 5.74) is -5.76. The highest BCUT2D eigenvalue weighted by molar-refractivity contribution is 7.87. The molecule has 0 radical (unpaired) electrons. The van der Waals surface area contributed by atoms with Crippen LogP contribution in [0.4, 0.5) is 30.7 Å². The van der Waals surface area contributed by atoms with Crippen LogP contribution in [-0.2, 0) is 10.1 Å². The second-order valence-electron chi connectivity index (χ2n) is 3.12. The molecular weight excluding hydrogens is 325 g/mol. The smallest absolute Gasteiger partial charge is 0.403 e. The highest BCUT2D eigenvalue weighted by atomic mass is 32.2. The Labute approximate surface area is 106 Å². The summed E-state index contributed by atoms with van der Waals surface area (Å²) < 4.78 is 112. The van der Waals surface area contributed by atoms with Crippen molar-refractivity contribution in [3.8, 4) is 11.5 Å². The van der Waals surface area contributed by atoms with Gasteiger partial charge in [-0.05, 0) is 12.1 Å². The molecule has 0 aliphatic rings. The van der Waals surface area contributed by atoms with E-state index in [0.717, 1.165) is 0 Å². The van der Waals surface area contributed by atoms with Crippen molar-refractivity contribution in [3.63, 3.8) is 0 Å². The van der Waals surface area contributed by atoms with Crippen molar-refractivity contribution < 1.29 is 48.1 Å². The molecule has 114 valence electrons. The maximum Gasteiger partial charge on any atom is 0.573 e. The molecule has 0 aliphatic carbocycles. The summed E-state index contributed by atoms with van der Waals surface area (Å²) in [4.78, 5) is 0. The molecule has 4 nitrogen and oxygen atoms in total. The van der Waals surface area contributed by atoms with Crippen molar-refractivity contribution in [2.75, 3.05) is 0 Å². The highest BCUT2D eigenvalue weighted by Gasteiger charge is 2.48. The van der Waals surface area contributed by atoms with Gasteiger partial charge >= 0.3 is 22.0 Å². The molecule has 0 N–H and O–H groups in total. The molecule has 0 heterocycles. The number of rotatable bonds is 3. The van der Waals surface area contributed by atoms with Crippen LogP contribution in [0.5, 0.6) is 11.5 Å². The lowest BCUT2D eigenvalue weighted by molar-refractivity contribution is -0.275. The Morgan fingerprint density at radius 2 is 1.55 bits per heavy atom. The number of hydrogen-bond donors (Lipinski definition) is 0. The summed E-state index contributed by atoms with van der Waals surface area (Å²) in [6.45, 7) is 0. The van der Waals surface area contributed by atoms with E-state index in [4.69, 9.17) is 0 Å². The van der Waals surface area contributed by atoms with Gasteiger partial charge in [0, 0.05) is 6.07 Å². The van der Waals surface area contributed by atoms with Crippen molar-refractivity contribution in [2.24, 2.45) is 0 Å². The van der Waals surface area contributed by atoms with Gasteiger partial charge in [0.1, 0.15) is 5.75 Å². The Morgan fingerprint density at radius 3 is 1.95 bits per heavy atom. The summed E-state index contributed by atoms with van der Waals surface area (Å²) >= 11 is 0. The third kappa shape index (κ3) is 4.15. The van der Waals surface area contributed by atoms with E-state index in [1.807, 2.05) is 0 Å². The minimum atomic E-state index is -6.05. The van der Waals surface area contributed by atoms with Crippen LogP contribution in [0.15, 0.2) is 18.2 Å².